The Morgan fingerprint density at radius 2 is 1.97 bits per heavy atom. The van der Waals surface area contributed by atoms with Crippen LogP contribution in [0.15, 0.2) is 48.1 Å². The Hall–Kier alpha value is -1.16. The maximum atomic E-state index is 10.8. The number of rotatable bonds is 7. The van der Waals surface area contributed by atoms with Crippen molar-refractivity contribution < 1.29 is 15.3 Å². The smallest absolute Gasteiger partial charge is 0.110 e. The second-order valence-corrected chi connectivity index (χ2v) is 11.9. The van der Waals surface area contributed by atoms with Crippen LogP contribution < -0.4 is 0 Å². The highest BCUT2D eigenvalue weighted by Gasteiger charge is 2.50. The van der Waals surface area contributed by atoms with Crippen LogP contribution in [0.4, 0.5) is 0 Å². The first-order valence-electron chi connectivity index (χ1n) is 12.8. The summed E-state index contributed by atoms with van der Waals surface area (Å²) in [5.74, 6) is 2.04. The van der Waals surface area contributed by atoms with Crippen LogP contribution in [0, 0.1) is 23.2 Å². The largest absolute Gasteiger partial charge is 0.393 e. The number of aliphatic hydroxyl groups excluding tert-OH is 1. The number of fused-ring (bicyclic) bond motifs is 1. The van der Waals surface area contributed by atoms with Gasteiger partial charge in [-0.15, -0.1) is 0 Å². The van der Waals surface area contributed by atoms with Crippen LogP contribution in [0.2, 0.25) is 0 Å². The number of aliphatic hydroxyl groups is 3. The van der Waals surface area contributed by atoms with Crippen molar-refractivity contribution in [2.24, 2.45) is 23.2 Å². The molecule has 0 aromatic carbocycles. The predicted molar refractivity (Wildman–Crippen MR) is 133 cm³/mol. The van der Waals surface area contributed by atoms with E-state index in [0.29, 0.717) is 29.2 Å². The highest BCUT2D eigenvalue weighted by molar-refractivity contribution is 5.44. The second-order valence-electron chi connectivity index (χ2n) is 11.9. The summed E-state index contributed by atoms with van der Waals surface area (Å²) in [6, 6.07) is 0. The molecule has 3 aliphatic rings. The molecule has 0 aliphatic heterocycles. The molecular weight excluding hydrogens is 396 g/mol. The molecule has 3 saturated carbocycles. The van der Waals surface area contributed by atoms with Gasteiger partial charge in [-0.25, -0.2) is 0 Å². The van der Waals surface area contributed by atoms with Crippen LogP contribution in [0.3, 0.4) is 0 Å². The average Bonchev–Trinajstić information content (AvgIpc) is 3.06. The van der Waals surface area contributed by atoms with Gasteiger partial charge in [-0.2, -0.15) is 0 Å². The lowest BCUT2D eigenvalue weighted by molar-refractivity contribution is 0.0404. The van der Waals surface area contributed by atoms with Gasteiger partial charge in [0.05, 0.1) is 11.7 Å². The molecule has 3 rings (SSSR count). The molecule has 0 saturated heterocycles. The molecule has 3 nitrogen and oxygen atoms in total. The molecule has 0 amide bonds. The van der Waals surface area contributed by atoms with Crippen molar-refractivity contribution in [1.82, 2.24) is 0 Å². The monoisotopic (exact) mass is 442 g/mol. The molecule has 3 aliphatic carbocycles. The molecule has 0 bridgehead atoms. The molecule has 0 heterocycles. The van der Waals surface area contributed by atoms with Gasteiger partial charge in [0, 0.05) is 6.42 Å². The van der Waals surface area contributed by atoms with Crippen molar-refractivity contribution in [3.8, 4) is 0 Å². The topological polar surface area (TPSA) is 60.7 Å². The zero-order valence-electron chi connectivity index (χ0n) is 20.9. The van der Waals surface area contributed by atoms with Crippen molar-refractivity contribution in [3.05, 3.63) is 48.1 Å². The first kappa shape index (κ1) is 25.5. The van der Waals surface area contributed by atoms with Crippen LogP contribution in [0.5, 0.6) is 0 Å². The molecule has 180 valence electrons. The summed E-state index contributed by atoms with van der Waals surface area (Å²) >= 11 is 0. The van der Waals surface area contributed by atoms with Gasteiger partial charge in [-0.05, 0) is 93.1 Å². The van der Waals surface area contributed by atoms with Gasteiger partial charge in [0.1, 0.15) is 5.60 Å². The van der Waals surface area contributed by atoms with Crippen molar-refractivity contribution in [2.75, 3.05) is 0 Å². The quantitative estimate of drug-likeness (QED) is 0.408. The van der Waals surface area contributed by atoms with Gasteiger partial charge in [-0.3, -0.25) is 0 Å². The van der Waals surface area contributed by atoms with E-state index in [1.165, 1.54) is 43.8 Å². The van der Waals surface area contributed by atoms with Crippen LogP contribution in [0.1, 0.15) is 91.9 Å². The van der Waals surface area contributed by atoms with Crippen LogP contribution in [0.25, 0.3) is 0 Å². The zero-order valence-corrected chi connectivity index (χ0v) is 20.9. The molecule has 1 unspecified atom stereocenters. The summed E-state index contributed by atoms with van der Waals surface area (Å²) in [7, 11) is 0. The Morgan fingerprint density at radius 1 is 1.25 bits per heavy atom. The standard InChI is InChI=1S/C29H46O3/c1-7-29(32)19-24(30)18-23(21(29)3)13-12-22-11-9-17-28(6)25(14-15-26(22)28)20(2)10-8-16-27(4,5)31/h7,12-13,20,24-26,30-32H,1,3,8-11,14-19H2,2,4-6H3/b22-12?,23-13-/t20-,24-,25-,26?,28-,29+/m1/s1. The minimum absolute atomic E-state index is 0.275. The van der Waals surface area contributed by atoms with Gasteiger partial charge >= 0.3 is 0 Å². The van der Waals surface area contributed by atoms with E-state index in [4.69, 9.17) is 0 Å². The van der Waals surface area contributed by atoms with Crippen molar-refractivity contribution in [2.45, 2.75) is 109 Å². The van der Waals surface area contributed by atoms with Gasteiger partial charge in [-0.1, -0.05) is 63.6 Å². The Balaban J connectivity index is 1.74. The van der Waals surface area contributed by atoms with E-state index in [-0.39, 0.29) is 6.42 Å². The first-order valence-corrected chi connectivity index (χ1v) is 12.8. The fraction of sp³-hybridized carbons (Fsp3) is 0.724. The maximum absolute atomic E-state index is 10.8. The molecule has 0 aromatic rings. The van der Waals surface area contributed by atoms with E-state index in [1.807, 2.05) is 13.8 Å². The molecule has 3 fully saturated rings. The third-order valence-corrected chi connectivity index (χ3v) is 8.92. The molecule has 0 spiro atoms. The number of allylic oxidation sites excluding steroid dienone is 3. The summed E-state index contributed by atoms with van der Waals surface area (Å²) in [5, 5.41) is 31.1. The minimum Gasteiger partial charge on any atom is -0.393 e. The van der Waals surface area contributed by atoms with Crippen molar-refractivity contribution in [3.63, 3.8) is 0 Å². The SMILES string of the molecule is C=C[C@]1(O)C[C@H](O)C/C(=C/C=C2CCC[C@@]3(C)C2CC[C@@H]3[C@H](C)CCCC(C)(C)O)C1=C. The fourth-order valence-electron chi connectivity index (χ4n) is 7.06. The number of hydrogen-bond donors (Lipinski definition) is 3. The van der Waals surface area contributed by atoms with E-state index in [9.17, 15) is 15.3 Å². The van der Waals surface area contributed by atoms with Gasteiger partial charge in [0.25, 0.3) is 0 Å². The third kappa shape index (κ3) is 5.32. The molecule has 6 atom stereocenters. The minimum atomic E-state index is -1.21. The van der Waals surface area contributed by atoms with E-state index >= 15 is 0 Å². The number of hydrogen-bond acceptors (Lipinski definition) is 3. The molecule has 32 heavy (non-hydrogen) atoms. The normalized spacial score (nSPS) is 39.3. The van der Waals surface area contributed by atoms with E-state index in [0.717, 1.165) is 30.8 Å². The zero-order chi connectivity index (χ0) is 23.7. The maximum Gasteiger partial charge on any atom is 0.110 e. The van der Waals surface area contributed by atoms with Crippen LogP contribution in [-0.2, 0) is 0 Å². The summed E-state index contributed by atoms with van der Waals surface area (Å²) < 4.78 is 0. The first-order chi connectivity index (χ1) is 14.9. The molecule has 0 aromatic heterocycles. The highest BCUT2D eigenvalue weighted by atomic mass is 16.3. The molecule has 3 N–H and O–H groups in total. The molecule has 0 radical (unpaired) electrons. The average molecular weight is 443 g/mol. The Kier molecular flexibility index (Phi) is 7.64. The predicted octanol–water partition coefficient (Wildman–Crippen LogP) is 6.26. The van der Waals surface area contributed by atoms with Crippen LogP contribution >= 0.6 is 0 Å². The fourth-order valence-corrected chi connectivity index (χ4v) is 7.06. The van der Waals surface area contributed by atoms with Gasteiger partial charge in [0.15, 0.2) is 0 Å². The van der Waals surface area contributed by atoms with Gasteiger partial charge in [0.2, 0.25) is 0 Å². The van der Waals surface area contributed by atoms with Gasteiger partial charge < -0.3 is 15.3 Å². The highest BCUT2D eigenvalue weighted by Crippen LogP contribution is 2.60. The second kappa shape index (κ2) is 9.60. The van der Waals surface area contributed by atoms with Crippen molar-refractivity contribution >= 4 is 0 Å². The summed E-state index contributed by atoms with van der Waals surface area (Å²) in [4.78, 5) is 0. The Morgan fingerprint density at radius 3 is 2.62 bits per heavy atom. The molecule has 3 heteroatoms. The van der Waals surface area contributed by atoms with E-state index in [1.54, 1.807) is 0 Å². The summed E-state index contributed by atoms with van der Waals surface area (Å²) in [5.41, 5.74) is 1.73. The Bertz CT molecular complexity index is 770. The molecular formula is C29H46O3. The van der Waals surface area contributed by atoms with E-state index in [2.05, 4.69) is 39.2 Å². The summed E-state index contributed by atoms with van der Waals surface area (Å²) in [6.07, 6.45) is 15.5. The van der Waals surface area contributed by atoms with E-state index < -0.39 is 17.3 Å². The lowest BCUT2D eigenvalue weighted by atomic mass is 9.60. The summed E-state index contributed by atoms with van der Waals surface area (Å²) in [6.45, 7) is 16.6. The van der Waals surface area contributed by atoms with Crippen molar-refractivity contribution in [1.29, 1.82) is 0 Å². The lowest BCUT2D eigenvalue weighted by Gasteiger charge is -2.44. The third-order valence-electron chi connectivity index (χ3n) is 8.92. The van der Waals surface area contributed by atoms with Crippen LogP contribution in [-0.4, -0.2) is 32.6 Å². The Labute approximate surface area is 196 Å². The lowest BCUT2D eigenvalue weighted by Crippen LogP contribution is -2.38.